The Morgan fingerprint density at radius 1 is 1.00 bits per heavy atom. The summed E-state index contributed by atoms with van der Waals surface area (Å²) in [5, 5.41) is 19.0. The fourth-order valence-corrected chi connectivity index (χ4v) is 5.36. The van der Waals surface area contributed by atoms with E-state index in [1.165, 1.54) is 38.3 Å². The number of hydrogen-bond donors (Lipinski definition) is 1. The number of nitrogens with zero attached hydrogens (tertiary/aromatic N) is 4. The zero-order valence-electron chi connectivity index (χ0n) is 12.9. The number of carbonyl (C=O) groups excluding carboxylic acids is 1. The monoisotopic (exact) mass is 309 g/mol. The molecule has 4 fully saturated rings. The first-order valence-electron chi connectivity index (χ1n) is 8.52. The number of allylic oxidation sites excluding steroid dienone is 1. The molecule has 0 aromatic carbocycles. The molecule has 1 N–H and O–H groups in total. The Bertz CT molecular complexity index is 672. The molecule has 4 saturated carbocycles. The van der Waals surface area contributed by atoms with Gasteiger partial charge in [-0.1, -0.05) is 0 Å². The minimum atomic E-state index is -0.0644. The molecule has 4 bridgehead atoms. The number of rotatable bonds is 2. The predicted octanol–water partition coefficient (Wildman–Crippen LogP) is 3.47. The van der Waals surface area contributed by atoms with Gasteiger partial charge in [-0.2, -0.15) is 10.2 Å². The maximum atomic E-state index is 12.8. The highest BCUT2D eigenvalue weighted by Gasteiger charge is 2.48. The SMILES string of the molecule is O=C(NC1C2CC3CC(C2)CC1C3)C1=CN=NC1=C1C=CN=N1. The van der Waals surface area contributed by atoms with Crippen molar-refractivity contribution in [2.45, 2.75) is 38.1 Å². The Balaban J connectivity index is 1.35. The van der Waals surface area contributed by atoms with E-state index in [2.05, 4.69) is 25.8 Å². The highest BCUT2D eigenvalue weighted by atomic mass is 16.1. The van der Waals surface area contributed by atoms with Gasteiger partial charge in [0.1, 0.15) is 11.4 Å². The number of azo groups is 2. The van der Waals surface area contributed by atoms with Crippen LogP contribution in [0, 0.1) is 23.7 Å². The van der Waals surface area contributed by atoms with E-state index >= 15 is 0 Å². The van der Waals surface area contributed by atoms with Crippen LogP contribution in [0.2, 0.25) is 0 Å². The van der Waals surface area contributed by atoms with Crippen molar-refractivity contribution in [3.63, 3.8) is 0 Å². The average molecular weight is 309 g/mol. The summed E-state index contributed by atoms with van der Waals surface area (Å²) in [6, 6.07) is 0.323. The highest BCUT2D eigenvalue weighted by molar-refractivity contribution is 5.98. The molecule has 0 atom stereocenters. The summed E-state index contributed by atoms with van der Waals surface area (Å²) < 4.78 is 0. The molecular formula is C17H19N5O. The highest BCUT2D eigenvalue weighted by Crippen LogP contribution is 2.53. The topological polar surface area (TPSA) is 78.5 Å². The second kappa shape index (κ2) is 4.94. The molecule has 1 amide bonds. The van der Waals surface area contributed by atoms with Gasteiger partial charge in [-0.25, -0.2) is 0 Å². The third-order valence-corrected chi connectivity index (χ3v) is 6.08. The van der Waals surface area contributed by atoms with Gasteiger partial charge >= 0.3 is 0 Å². The summed E-state index contributed by atoms with van der Waals surface area (Å²) in [4.78, 5) is 12.8. The second-order valence-electron chi connectivity index (χ2n) is 7.45. The molecule has 4 aliphatic carbocycles. The molecule has 118 valence electrons. The average Bonchev–Trinajstić information content (AvgIpc) is 3.19. The summed E-state index contributed by atoms with van der Waals surface area (Å²) in [5.41, 5.74) is 1.65. The number of carbonyl (C=O) groups is 1. The molecule has 0 radical (unpaired) electrons. The Kier molecular flexibility index (Phi) is 2.87. The van der Waals surface area contributed by atoms with Crippen LogP contribution in [0.25, 0.3) is 0 Å². The van der Waals surface area contributed by atoms with Crippen molar-refractivity contribution in [2.75, 3.05) is 0 Å². The molecule has 6 heteroatoms. The molecule has 6 nitrogen and oxygen atoms in total. The van der Waals surface area contributed by atoms with Crippen LogP contribution in [-0.2, 0) is 4.79 Å². The van der Waals surface area contributed by atoms with Crippen molar-refractivity contribution in [3.05, 3.63) is 35.4 Å². The van der Waals surface area contributed by atoms with Gasteiger partial charge in [0.2, 0.25) is 0 Å². The molecule has 0 aromatic heterocycles. The smallest absolute Gasteiger partial charge is 0.255 e. The van der Waals surface area contributed by atoms with Crippen LogP contribution < -0.4 is 5.32 Å². The molecule has 0 aromatic rings. The molecule has 2 heterocycles. The zero-order valence-corrected chi connectivity index (χ0v) is 12.9. The number of hydrogen-bond acceptors (Lipinski definition) is 5. The fraction of sp³-hybridized carbons (Fsp3) is 0.588. The maximum Gasteiger partial charge on any atom is 0.255 e. The Morgan fingerprint density at radius 3 is 2.39 bits per heavy atom. The molecule has 0 unspecified atom stereocenters. The molecule has 0 spiro atoms. The van der Waals surface area contributed by atoms with Crippen molar-refractivity contribution in [1.29, 1.82) is 0 Å². The summed E-state index contributed by atoms with van der Waals surface area (Å²) in [6.07, 6.45) is 11.5. The summed E-state index contributed by atoms with van der Waals surface area (Å²) in [7, 11) is 0. The molecule has 0 saturated heterocycles. The van der Waals surface area contributed by atoms with Crippen LogP contribution in [0.15, 0.2) is 55.9 Å². The quantitative estimate of drug-likeness (QED) is 0.833. The van der Waals surface area contributed by atoms with Crippen LogP contribution in [0.3, 0.4) is 0 Å². The van der Waals surface area contributed by atoms with Gasteiger partial charge in [-0.05, 0) is 61.9 Å². The van der Waals surface area contributed by atoms with Gasteiger partial charge in [0.25, 0.3) is 5.91 Å². The van der Waals surface area contributed by atoms with E-state index in [1.807, 2.05) is 0 Å². The van der Waals surface area contributed by atoms with Crippen LogP contribution >= 0.6 is 0 Å². The van der Waals surface area contributed by atoms with Crippen molar-refractivity contribution >= 4 is 5.91 Å². The predicted molar refractivity (Wildman–Crippen MR) is 82.9 cm³/mol. The van der Waals surface area contributed by atoms with Gasteiger partial charge < -0.3 is 5.32 Å². The molecule has 6 rings (SSSR count). The zero-order chi connectivity index (χ0) is 15.4. The molecule has 6 aliphatic rings. The Morgan fingerprint density at radius 2 is 1.74 bits per heavy atom. The number of amides is 1. The standard InChI is InChI=1S/C17H19N5O/c23-17(13-8-19-22-16(13)14-1-2-18-21-14)20-15-11-4-9-3-10(6-11)7-12(15)5-9/h1-2,8-12,15H,3-7H2,(H,20,23). The summed E-state index contributed by atoms with van der Waals surface area (Å²) in [5.74, 6) is 3.07. The van der Waals surface area contributed by atoms with Crippen molar-refractivity contribution in [2.24, 2.45) is 44.1 Å². The van der Waals surface area contributed by atoms with E-state index in [0.717, 1.165) is 11.8 Å². The first-order valence-corrected chi connectivity index (χ1v) is 8.52. The van der Waals surface area contributed by atoms with Crippen LogP contribution in [0.1, 0.15) is 32.1 Å². The van der Waals surface area contributed by atoms with E-state index in [0.29, 0.717) is 34.8 Å². The van der Waals surface area contributed by atoms with Gasteiger partial charge in [0.05, 0.1) is 18.0 Å². The summed E-state index contributed by atoms with van der Waals surface area (Å²) >= 11 is 0. The van der Waals surface area contributed by atoms with E-state index in [-0.39, 0.29) is 5.91 Å². The molecular weight excluding hydrogens is 290 g/mol. The lowest BCUT2D eigenvalue weighted by Crippen LogP contribution is -2.56. The summed E-state index contributed by atoms with van der Waals surface area (Å²) in [6.45, 7) is 0. The third kappa shape index (κ3) is 2.11. The fourth-order valence-electron chi connectivity index (χ4n) is 5.36. The van der Waals surface area contributed by atoms with Crippen LogP contribution in [0.5, 0.6) is 0 Å². The minimum absolute atomic E-state index is 0.0644. The minimum Gasteiger partial charge on any atom is -0.349 e. The van der Waals surface area contributed by atoms with E-state index in [1.54, 1.807) is 12.3 Å². The first kappa shape index (κ1) is 13.3. The van der Waals surface area contributed by atoms with E-state index in [9.17, 15) is 4.79 Å². The molecule has 23 heavy (non-hydrogen) atoms. The Labute approximate surface area is 134 Å². The van der Waals surface area contributed by atoms with Gasteiger partial charge in [-0.3, -0.25) is 4.79 Å². The normalized spacial score (nSPS) is 42.6. The Hall–Kier alpha value is -2.11. The third-order valence-electron chi connectivity index (χ3n) is 6.08. The lowest BCUT2D eigenvalue weighted by Gasteiger charge is -2.54. The number of nitrogens with one attached hydrogen (secondary N) is 1. The van der Waals surface area contributed by atoms with E-state index in [4.69, 9.17) is 0 Å². The van der Waals surface area contributed by atoms with Crippen LogP contribution in [-0.4, -0.2) is 11.9 Å². The lowest BCUT2D eigenvalue weighted by molar-refractivity contribution is -0.121. The lowest BCUT2D eigenvalue weighted by atomic mass is 9.54. The maximum absolute atomic E-state index is 12.8. The van der Waals surface area contributed by atoms with Gasteiger partial charge in [-0.15, -0.1) is 10.2 Å². The first-order chi connectivity index (χ1) is 11.3. The van der Waals surface area contributed by atoms with Crippen molar-refractivity contribution in [1.82, 2.24) is 5.32 Å². The molecule has 2 aliphatic heterocycles. The second-order valence-corrected chi connectivity index (χ2v) is 7.45. The van der Waals surface area contributed by atoms with Crippen LogP contribution in [0.4, 0.5) is 0 Å². The largest absolute Gasteiger partial charge is 0.349 e. The van der Waals surface area contributed by atoms with Crippen molar-refractivity contribution < 1.29 is 4.79 Å². The van der Waals surface area contributed by atoms with Gasteiger partial charge in [0.15, 0.2) is 0 Å². The van der Waals surface area contributed by atoms with Crippen molar-refractivity contribution in [3.8, 4) is 0 Å². The van der Waals surface area contributed by atoms with Gasteiger partial charge in [0, 0.05) is 6.04 Å². The van der Waals surface area contributed by atoms with E-state index < -0.39 is 0 Å².